The Kier molecular flexibility index (Phi) is 8.36. The Morgan fingerprint density at radius 3 is 1.66 bits per heavy atom. The zero-order valence-corrected chi connectivity index (χ0v) is 21.0. The predicted octanol–water partition coefficient (Wildman–Crippen LogP) is 9.42. The Balaban J connectivity index is 0.00000119. The molecule has 0 heterocycles. The Morgan fingerprint density at radius 2 is 1.16 bits per heavy atom. The summed E-state index contributed by atoms with van der Waals surface area (Å²) in [5, 5.41) is 0. The van der Waals surface area contributed by atoms with Crippen molar-refractivity contribution in [2.75, 3.05) is 0 Å². The summed E-state index contributed by atoms with van der Waals surface area (Å²) in [6.45, 7) is 12.6. The van der Waals surface area contributed by atoms with Gasteiger partial charge < -0.3 is 0 Å². The van der Waals surface area contributed by atoms with Gasteiger partial charge in [0.05, 0.1) is 0 Å². The molecule has 0 N–H and O–H groups in total. The molecule has 0 radical (unpaired) electrons. The highest BCUT2D eigenvalue weighted by molar-refractivity contribution is 5.15. The molecule has 4 aliphatic rings. The van der Waals surface area contributed by atoms with E-state index in [0.29, 0.717) is 0 Å². The molecule has 4 saturated carbocycles. The van der Waals surface area contributed by atoms with Gasteiger partial charge in [0.25, 0.3) is 0 Å². The topological polar surface area (TPSA) is 0 Å². The second kappa shape index (κ2) is 11.2. The van der Waals surface area contributed by atoms with Gasteiger partial charge in [-0.2, -0.15) is 0 Å². The number of hydrogen-bond acceptors (Lipinski definition) is 0. The summed E-state index contributed by atoms with van der Waals surface area (Å²) >= 11 is 0. The third kappa shape index (κ3) is 5.98. The summed E-state index contributed by atoms with van der Waals surface area (Å²) in [5.41, 5.74) is 4.65. The highest BCUT2D eigenvalue weighted by atomic mass is 14.4. The van der Waals surface area contributed by atoms with Gasteiger partial charge in [-0.25, -0.2) is 0 Å². The largest absolute Gasteiger partial charge is 0.0998 e. The van der Waals surface area contributed by atoms with Gasteiger partial charge >= 0.3 is 0 Å². The van der Waals surface area contributed by atoms with Crippen molar-refractivity contribution in [3.63, 3.8) is 0 Å². The maximum absolute atomic E-state index is 4.32. The molecule has 0 heteroatoms. The first-order chi connectivity index (χ1) is 15.6. The first-order valence-electron chi connectivity index (χ1n) is 14.0. The van der Waals surface area contributed by atoms with Crippen molar-refractivity contribution in [3.8, 4) is 0 Å². The van der Waals surface area contributed by atoms with Crippen LogP contribution in [0.3, 0.4) is 0 Å². The Labute approximate surface area is 199 Å². The van der Waals surface area contributed by atoms with Gasteiger partial charge in [0, 0.05) is 0 Å². The van der Waals surface area contributed by atoms with Crippen molar-refractivity contribution in [1.82, 2.24) is 0 Å². The highest BCUT2D eigenvalue weighted by Gasteiger charge is 2.38. The van der Waals surface area contributed by atoms with Crippen LogP contribution >= 0.6 is 0 Å². The van der Waals surface area contributed by atoms with Crippen molar-refractivity contribution < 1.29 is 0 Å². The number of benzene rings is 1. The molecule has 0 aliphatic heterocycles. The molecule has 0 bridgehead atoms. The maximum atomic E-state index is 4.32. The second-order valence-electron chi connectivity index (χ2n) is 11.7. The van der Waals surface area contributed by atoms with Gasteiger partial charge in [-0.1, -0.05) is 81.3 Å². The minimum Gasteiger partial charge on any atom is -0.0998 e. The average Bonchev–Trinajstić information content (AvgIpc) is 3.35. The van der Waals surface area contributed by atoms with Crippen molar-refractivity contribution >= 4 is 0 Å². The number of fused-ring (bicyclic) bond motifs is 2. The van der Waals surface area contributed by atoms with E-state index in [4.69, 9.17) is 0 Å². The molecule has 1 aromatic carbocycles. The predicted molar refractivity (Wildman–Crippen MR) is 140 cm³/mol. The van der Waals surface area contributed by atoms with Gasteiger partial charge in [0.1, 0.15) is 0 Å². The van der Waals surface area contributed by atoms with Crippen LogP contribution in [0, 0.1) is 41.4 Å². The lowest BCUT2D eigenvalue weighted by Crippen LogP contribution is -2.26. The molecule has 4 aliphatic carbocycles. The Hall–Kier alpha value is -1.30. The van der Waals surface area contributed by atoms with Crippen LogP contribution in [0.4, 0.5) is 0 Å². The van der Waals surface area contributed by atoms with Crippen LogP contribution in [-0.2, 0) is 6.42 Å². The summed E-state index contributed by atoms with van der Waals surface area (Å²) in [6, 6.07) is 11.4. The number of allylic oxidation sites excluding steroid dienone is 2. The van der Waals surface area contributed by atoms with E-state index in [2.05, 4.69) is 43.5 Å². The van der Waals surface area contributed by atoms with E-state index in [-0.39, 0.29) is 0 Å². The van der Waals surface area contributed by atoms with Crippen molar-refractivity contribution in [3.05, 3.63) is 60.2 Å². The molecule has 5 rings (SSSR count). The van der Waals surface area contributed by atoms with Crippen LogP contribution in [0.15, 0.2) is 54.6 Å². The fraction of sp³-hybridized carbons (Fsp3) is 0.688. The first-order valence-corrected chi connectivity index (χ1v) is 14.0. The molecule has 0 spiro atoms. The molecular weight excluding hydrogens is 384 g/mol. The quantitative estimate of drug-likeness (QED) is 0.393. The molecule has 176 valence electrons. The van der Waals surface area contributed by atoms with Gasteiger partial charge in [0.2, 0.25) is 0 Å². The monoisotopic (exact) mass is 432 g/mol. The average molecular weight is 433 g/mol. The molecule has 0 nitrogen and oxygen atoms in total. The summed E-state index contributed by atoms with van der Waals surface area (Å²) in [5.74, 6) is 6.70. The lowest BCUT2D eigenvalue weighted by Gasteiger charge is -2.37. The van der Waals surface area contributed by atoms with Gasteiger partial charge in [0.15, 0.2) is 0 Å². The Morgan fingerprint density at radius 1 is 0.688 bits per heavy atom. The van der Waals surface area contributed by atoms with E-state index in [1.807, 2.05) is 13.8 Å². The molecule has 4 fully saturated rings. The third-order valence-corrected chi connectivity index (χ3v) is 9.40. The number of hydrogen-bond donors (Lipinski definition) is 0. The summed E-state index contributed by atoms with van der Waals surface area (Å²) in [4.78, 5) is 0. The summed E-state index contributed by atoms with van der Waals surface area (Å²) < 4.78 is 0. The molecule has 7 atom stereocenters. The van der Waals surface area contributed by atoms with Crippen LogP contribution in [0.25, 0.3) is 0 Å². The van der Waals surface area contributed by atoms with Crippen LogP contribution < -0.4 is 0 Å². The summed E-state index contributed by atoms with van der Waals surface area (Å²) in [7, 11) is 0. The van der Waals surface area contributed by atoms with Crippen LogP contribution in [0.1, 0.15) is 96.5 Å². The first kappa shape index (κ1) is 23.8. The van der Waals surface area contributed by atoms with Crippen LogP contribution in [0.5, 0.6) is 0 Å². The lowest BCUT2D eigenvalue weighted by atomic mass is 9.69. The molecule has 1 aromatic rings. The minimum atomic E-state index is 0.879. The van der Waals surface area contributed by atoms with Crippen molar-refractivity contribution in [2.24, 2.45) is 41.4 Å². The maximum Gasteiger partial charge on any atom is -0.0250 e. The summed E-state index contributed by atoms with van der Waals surface area (Å²) in [6.07, 6.45) is 18.5. The van der Waals surface area contributed by atoms with Crippen LogP contribution in [-0.4, -0.2) is 0 Å². The minimum absolute atomic E-state index is 0.879. The zero-order chi connectivity index (χ0) is 22.5. The van der Waals surface area contributed by atoms with Gasteiger partial charge in [-0.05, 0) is 118 Å². The van der Waals surface area contributed by atoms with Gasteiger partial charge in [-0.15, -0.1) is 0 Å². The molecule has 0 saturated heterocycles. The zero-order valence-electron chi connectivity index (χ0n) is 21.0. The van der Waals surface area contributed by atoms with E-state index < -0.39 is 0 Å². The Bertz CT molecular complexity index is 699. The molecule has 0 aromatic heterocycles. The number of rotatable bonds is 6. The molecule has 32 heavy (non-hydrogen) atoms. The van der Waals surface area contributed by atoms with Gasteiger partial charge in [-0.3, -0.25) is 0 Å². The third-order valence-electron chi connectivity index (χ3n) is 9.40. The lowest BCUT2D eigenvalue weighted by molar-refractivity contribution is 0.148. The standard InChI is InChI=1S/C30H42.C2H6/c1-21-12-27-10-8-24(19-29(27)14-21)17-26(16-23-6-4-3-5-7-23)18-25-9-11-28-13-22(2)15-30(28)20-25;1-2/h3-7,24-30H,1-2,8-20H2;1-2H3/t24-,25?,26?,27?,28?,29+,30+;/m0./s1. The fourth-order valence-electron chi connectivity index (χ4n) is 8.12. The second-order valence-corrected chi connectivity index (χ2v) is 11.7. The van der Waals surface area contributed by atoms with Crippen molar-refractivity contribution in [1.29, 1.82) is 0 Å². The fourth-order valence-corrected chi connectivity index (χ4v) is 8.12. The molecule has 0 amide bonds. The normalized spacial score (nSPS) is 34.9. The van der Waals surface area contributed by atoms with E-state index in [9.17, 15) is 0 Å². The molecule has 4 unspecified atom stereocenters. The molecular formula is C32H48. The smallest absolute Gasteiger partial charge is 0.0250 e. The van der Waals surface area contributed by atoms with Crippen molar-refractivity contribution in [2.45, 2.75) is 97.3 Å². The van der Waals surface area contributed by atoms with E-state index in [1.54, 1.807) is 16.7 Å². The van der Waals surface area contributed by atoms with E-state index >= 15 is 0 Å². The van der Waals surface area contributed by atoms with E-state index in [1.165, 1.54) is 83.5 Å². The highest BCUT2D eigenvalue weighted by Crippen LogP contribution is 2.50. The van der Waals surface area contributed by atoms with Crippen LogP contribution in [0.2, 0.25) is 0 Å². The van der Waals surface area contributed by atoms with E-state index in [0.717, 1.165) is 41.4 Å². The SMILES string of the molecule is C=C1CC2CCC(CC(Cc3ccccc3)C[C@@H]3CCC4CC(=C)C[C@@H]4C3)C[C@H]2C1.CC.